The first kappa shape index (κ1) is 13.2. The third-order valence-electron chi connectivity index (χ3n) is 2.58. The van der Waals surface area contributed by atoms with E-state index in [0.29, 0.717) is 6.54 Å². The zero-order valence-corrected chi connectivity index (χ0v) is 11.1. The highest BCUT2D eigenvalue weighted by molar-refractivity contribution is 7.08. The molecule has 0 saturated heterocycles. The molecule has 0 aliphatic carbocycles. The largest absolute Gasteiger partial charge is 0.469 e. The number of thiophene rings is 1. The summed E-state index contributed by atoms with van der Waals surface area (Å²) in [6, 6.07) is 0. The summed E-state index contributed by atoms with van der Waals surface area (Å²) in [4.78, 5) is 11.4. The Morgan fingerprint density at radius 1 is 1.50 bits per heavy atom. The third kappa shape index (κ3) is 3.32. The van der Waals surface area contributed by atoms with Crippen molar-refractivity contribution >= 4 is 17.3 Å². The molecule has 0 unspecified atom stereocenters. The van der Waals surface area contributed by atoms with E-state index in [1.165, 1.54) is 18.2 Å². The standard InChI is InChI=1S/C12H19NO2S/c1-9-6-16-7-10(9)5-13-8-12(2,3)11(14)15-4/h6-7,13H,5,8H2,1-4H3. The van der Waals surface area contributed by atoms with Crippen molar-refractivity contribution in [2.45, 2.75) is 27.3 Å². The van der Waals surface area contributed by atoms with Crippen LogP contribution in [0.15, 0.2) is 10.8 Å². The van der Waals surface area contributed by atoms with Crippen LogP contribution in [0.4, 0.5) is 0 Å². The second-order valence-corrected chi connectivity index (χ2v) is 5.30. The van der Waals surface area contributed by atoms with Crippen LogP contribution in [0.2, 0.25) is 0 Å². The summed E-state index contributed by atoms with van der Waals surface area (Å²) in [5.41, 5.74) is 2.12. The summed E-state index contributed by atoms with van der Waals surface area (Å²) < 4.78 is 4.75. The van der Waals surface area contributed by atoms with Crippen molar-refractivity contribution in [3.63, 3.8) is 0 Å². The smallest absolute Gasteiger partial charge is 0.312 e. The van der Waals surface area contributed by atoms with Gasteiger partial charge in [0, 0.05) is 13.1 Å². The molecule has 0 saturated carbocycles. The van der Waals surface area contributed by atoms with E-state index in [1.807, 2.05) is 13.8 Å². The van der Waals surface area contributed by atoms with Crippen LogP contribution < -0.4 is 5.32 Å². The topological polar surface area (TPSA) is 38.3 Å². The van der Waals surface area contributed by atoms with Crippen LogP contribution in [0.1, 0.15) is 25.0 Å². The molecule has 0 amide bonds. The summed E-state index contributed by atoms with van der Waals surface area (Å²) in [5, 5.41) is 7.55. The molecule has 16 heavy (non-hydrogen) atoms. The molecule has 1 rings (SSSR count). The molecular weight excluding hydrogens is 222 g/mol. The van der Waals surface area contributed by atoms with Gasteiger partial charge >= 0.3 is 5.97 Å². The fraction of sp³-hybridized carbons (Fsp3) is 0.583. The van der Waals surface area contributed by atoms with E-state index < -0.39 is 5.41 Å². The summed E-state index contributed by atoms with van der Waals surface area (Å²) in [6.07, 6.45) is 0. The summed E-state index contributed by atoms with van der Waals surface area (Å²) >= 11 is 1.70. The number of rotatable bonds is 5. The Balaban J connectivity index is 2.41. The average Bonchev–Trinajstić information content (AvgIpc) is 2.63. The molecule has 3 nitrogen and oxygen atoms in total. The van der Waals surface area contributed by atoms with Crippen LogP contribution in [0, 0.1) is 12.3 Å². The molecule has 0 aliphatic heterocycles. The van der Waals surface area contributed by atoms with Gasteiger partial charge in [0.15, 0.2) is 0 Å². The molecule has 4 heteroatoms. The molecule has 0 spiro atoms. The van der Waals surface area contributed by atoms with Crippen molar-refractivity contribution in [2.24, 2.45) is 5.41 Å². The maximum absolute atomic E-state index is 11.4. The van der Waals surface area contributed by atoms with Gasteiger partial charge in [0.2, 0.25) is 0 Å². The Labute approximate surface area is 101 Å². The molecule has 1 N–H and O–H groups in total. The van der Waals surface area contributed by atoms with Crippen LogP contribution >= 0.6 is 11.3 Å². The third-order valence-corrected chi connectivity index (χ3v) is 3.49. The quantitative estimate of drug-likeness (QED) is 0.804. The number of methoxy groups -OCH3 is 1. The number of aryl methyl sites for hydroxylation is 1. The zero-order valence-electron chi connectivity index (χ0n) is 10.3. The minimum atomic E-state index is -0.474. The molecule has 90 valence electrons. The van der Waals surface area contributed by atoms with E-state index in [9.17, 15) is 4.79 Å². The Hall–Kier alpha value is -0.870. The van der Waals surface area contributed by atoms with E-state index in [-0.39, 0.29) is 5.97 Å². The Bertz CT molecular complexity index is 358. The van der Waals surface area contributed by atoms with Crippen molar-refractivity contribution in [1.82, 2.24) is 5.32 Å². The monoisotopic (exact) mass is 241 g/mol. The van der Waals surface area contributed by atoms with Gasteiger partial charge < -0.3 is 10.1 Å². The highest BCUT2D eigenvalue weighted by Crippen LogP contribution is 2.17. The van der Waals surface area contributed by atoms with Gasteiger partial charge in [-0.25, -0.2) is 0 Å². The first-order valence-corrected chi connectivity index (χ1v) is 6.22. The van der Waals surface area contributed by atoms with Gasteiger partial charge in [-0.3, -0.25) is 4.79 Å². The minimum Gasteiger partial charge on any atom is -0.469 e. The lowest BCUT2D eigenvalue weighted by molar-refractivity contribution is -0.150. The number of hydrogen-bond donors (Lipinski definition) is 1. The summed E-state index contributed by atoms with van der Waals surface area (Å²) in [7, 11) is 1.42. The van der Waals surface area contributed by atoms with E-state index in [1.54, 1.807) is 11.3 Å². The van der Waals surface area contributed by atoms with Crippen molar-refractivity contribution < 1.29 is 9.53 Å². The zero-order chi connectivity index (χ0) is 12.2. The van der Waals surface area contributed by atoms with Crippen molar-refractivity contribution in [2.75, 3.05) is 13.7 Å². The Morgan fingerprint density at radius 3 is 2.69 bits per heavy atom. The van der Waals surface area contributed by atoms with Gasteiger partial charge in [0.1, 0.15) is 0 Å². The lowest BCUT2D eigenvalue weighted by Crippen LogP contribution is -2.36. The van der Waals surface area contributed by atoms with Crippen molar-refractivity contribution in [1.29, 1.82) is 0 Å². The number of ether oxygens (including phenoxy) is 1. The van der Waals surface area contributed by atoms with E-state index in [0.717, 1.165) is 6.54 Å². The van der Waals surface area contributed by atoms with E-state index in [2.05, 4.69) is 23.0 Å². The number of hydrogen-bond acceptors (Lipinski definition) is 4. The van der Waals surface area contributed by atoms with Gasteiger partial charge in [-0.2, -0.15) is 11.3 Å². The Morgan fingerprint density at radius 2 is 2.19 bits per heavy atom. The minimum absolute atomic E-state index is 0.179. The molecule has 1 aromatic heterocycles. The van der Waals surface area contributed by atoms with Gasteiger partial charge in [0.05, 0.1) is 12.5 Å². The molecule has 1 heterocycles. The molecule has 0 radical (unpaired) electrons. The molecular formula is C12H19NO2S. The number of nitrogens with one attached hydrogen (secondary N) is 1. The second kappa shape index (κ2) is 5.46. The number of carbonyl (C=O) groups excluding carboxylic acids is 1. The molecule has 0 bridgehead atoms. The van der Waals surface area contributed by atoms with Gasteiger partial charge in [-0.1, -0.05) is 0 Å². The average molecular weight is 241 g/mol. The van der Waals surface area contributed by atoms with Crippen LogP contribution in [0.5, 0.6) is 0 Å². The normalized spacial score (nSPS) is 11.5. The number of esters is 1. The fourth-order valence-electron chi connectivity index (χ4n) is 1.43. The van der Waals surface area contributed by atoms with Gasteiger partial charge in [0.25, 0.3) is 0 Å². The van der Waals surface area contributed by atoms with Crippen LogP contribution in [0.3, 0.4) is 0 Å². The van der Waals surface area contributed by atoms with E-state index >= 15 is 0 Å². The molecule has 0 aromatic carbocycles. The highest BCUT2D eigenvalue weighted by atomic mass is 32.1. The maximum atomic E-state index is 11.4. The lowest BCUT2D eigenvalue weighted by Gasteiger charge is -2.21. The van der Waals surface area contributed by atoms with E-state index in [4.69, 9.17) is 4.74 Å². The molecule has 0 atom stereocenters. The fourth-order valence-corrected chi connectivity index (χ4v) is 2.28. The Kier molecular flexibility index (Phi) is 4.50. The van der Waals surface area contributed by atoms with Crippen LogP contribution in [0.25, 0.3) is 0 Å². The van der Waals surface area contributed by atoms with Gasteiger partial charge in [-0.15, -0.1) is 0 Å². The summed E-state index contributed by atoms with van der Waals surface area (Å²) in [5.74, 6) is -0.179. The first-order valence-electron chi connectivity index (χ1n) is 5.28. The maximum Gasteiger partial charge on any atom is 0.312 e. The lowest BCUT2D eigenvalue weighted by atomic mass is 9.94. The molecule has 0 fully saturated rings. The molecule has 1 aromatic rings. The second-order valence-electron chi connectivity index (χ2n) is 4.56. The predicted molar refractivity (Wildman–Crippen MR) is 66.6 cm³/mol. The predicted octanol–water partition coefficient (Wildman–Crippen LogP) is 2.35. The molecule has 0 aliphatic rings. The van der Waals surface area contributed by atoms with Crippen LogP contribution in [-0.2, 0) is 16.1 Å². The first-order chi connectivity index (χ1) is 7.47. The van der Waals surface area contributed by atoms with Gasteiger partial charge in [-0.05, 0) is 42.7 Å². The van der Waals surface area contributed by atoms with Crippen LogP contribution in [-0.4, -0.2) is 19.6 Å². The highest BCUT2D eigenvalue weighted by Gasteiger charge is 2.27. The SMILES string of the molecule is COC(=O)C(C)(C)CNCc1cscc1C. The summed E-state index contributed by atoms with van der Waals surface area (Å²) in [6.45, 7) is 7.28. The van der Waals surface area contributed by atoms with Crippen molar-refractivity contribution in [3.8, 4) is 0 Å². The number of carbonyl (C=O) groups is 1. The van der Waals surface area contributed by atoms with Crippen molar-refractivity contribution in [3.05, 3.63) is 21.9 Å².